The molecular formula is C37H30N4. The first kappa shape index (κ1) is 25.8. The molecule has 0 spiro atoms. The van der Waals surface area contributed by atoms with E-state index in [1.165, 1.54) is 5.56 Å². The monoisotopic (exact) mass is 530 g/mol. The van der Waals surface area contributed by atoms with Crippen molar-refractivity contribution in [3.8, 4) is 0 Å². The third-order valence-corrected chi connectivity index (χ3v) is 6.82. The van der Waals surface area contributed by atoms with Crippen LogP contribution in [0.15, 0.2) is 158 Å². The predicted octanol–water partition coefficient (Wildman–Crippen LogP) is 9.46. The van der Waals surface area contributed by atoms with Gasteiger partial charge >= 0.3 is 0 Å². The Hall–Kier alpha value is -5.48. The lowest BCUT2D eigenvalue weighted by Gasteiger charge is -2.25. The molecule has 4 heteroatoms. The minimum atomic E-state index is 0.679. The Kier molecular flexibility index (Phi) is 7.91. The summed E-state index contributed by atoms with van der Waals surface area (Å²) in [4.78, 5) is 13.5. The smallest absolute Gasteiger partial charge is 0.134 e. The SMILES string of the molecule is C(=C\c1ccc(N(c2ccccc2)c2ccccc2)cc1)/c1ccc(CN(c2ccccn2)c2ccccn2)cc1. The molecule has 0 radical (unpaired) electrons. The second kappa shape index (κ2) is 12.6. The number of rotatable bonds is 9. The van der Waals surface area contributed by atoms with Gasteiger partial charge < -0.3 is 9.80 Å². The number of pyridine rings is 2. The maximum atomic E-state index is 4.56. The van der Waals surface area contributed by atoms with Gasteiger partial charge in [-0.05, 0) is 77.4 Å². The molecule has 41 heavy (non-hydrogen) atoms. The molecule has 4 aromatic carbocycles. The van der Waals surface area contributed by atoms with Crippen LogP contribution in [-0.4, -0.2) is 9.97 Å². The van der Waals surface area contributed by atoms with E-state index in [1.54, 1.807) is 0 Å². The number of hydrogen-bond donors (Lipinski definition) is 0. The van der Waals surface area contributed by atoms with E-state index in [-0.39, 0.29) is 0 Å². The highest BCUT2D eigenvalue weighted by Gasteiger charge is 2.13. The van der Waals surface area contributed by atoms with Crippen molar-refractivity contribution in [2.45, 2.75) is 6.54 Å². The second-order valence-electron chi connectivity index (χ2n) is 9.63. The molecule has 6 rings (SSSR count). The summed E-state index contributed by atoms with van der Waals surface area (Å²) in [5, 5.41) is 0. The minimum absolute atomic E-state index is 0.679. The van der Waals surface area contributed by atoms with E-state index in [9.17, 15) is 0 Å². The standard InChI is InChI=1S/C37H30N4/c1-3-11-33(12-4-1)41(34-13-5-2-6-14-34)35-25-23-31(24-26-35)18-17-30-19-21-32(22-20-30)29-40(36-15-7-9-27-38-36)37-16-8-10-28-39-37/h1-28H,29H2/b18-17+. The molecule has 0 saturated carbocycles. The van der Waals surface area contributed by atoms with E-state index >= 15 is 0 Å². The molecule has 6 aromatic rings. The molecule has 0 aliphatic carbocycles. The van der Waals surface area contributed by atoms with E-state index in [0.717, 1.165) is 39.8 Å². The van der Waals surface area contributed by atoms with Gasteiger partial charge in [0.25, 0.3) is 0 Å². The molecule has 0 aliphatic rings. The predicted molar refractivity (Wildman–Crippen MR) is 171 cm³/mol. The number of aromatic nitrogens is 2. The average molecular weight is 531 g/mol. The van der Waals surface area contributed by atoms with Crippen molar-refractivity contribution in [2.24, 2.45) is 0 Å². The Morgan fingerprint density at radius 1 is 0.439 bits per heavy atom. The van der Waals surface area contributed by atoms with Gasteiger partial charge in [-0.1, -0.05) is 97.1 Å². The molecule has 0 fully saturated rings. The molecule has 0 atom stereocenters. The fourth-order valence-corrected chi connectivity index (χ4v) is 4.75. The largest absolute Gasteiger partial charge is 0.311 e. The first-order chi connectivity index (χ1) is 20.3. The van der Waals surface area contributed by atoms with Crippen molar-refractivity contribution in [3.63, 3.8) is 0 Å². The second-order valence-corrected chi connectivity index (χ2v) is 9.63. The third-order valence-electron chi connectivity index (χ3n) is 6.82. The van der Waals surface area contributed by atoms with Crippen LogP contribution in [0.4, 0.5) is 28.7 Å². The topological polar surface area (TPSA) is 32.3 Å². The summed E-state index contributed by atoms with van der Waals surface area (Å²) in [6.07, 6.45) is 7.93. The summed E-state index contributed by atoms with van der Waals surface area (Å²) in [6.45, 7) is 0.679. The van der Waals surface area contributed by atoms with Gasteiger partial charge in [0.2, 0.25) is 0 Å². The summed E-state index contributed by atoms with van der Waals surface area (Å²) < 4.78 is 0. The fourth-order valence-electron chi connectivity index (χ4n) is 4.75. The van der Waals surface area contributed by atoms with Crippen molar-refractivity contribution < 1.29 is 0 Å². The van der Waals surface area contributed by atoms with Crippen LogP contribution in [0.2, 0.25) is 0 Å². The van der Waals surface area contributed by atoms with E-state index < -0.39 is 0 Å². The van der Waals surface area contributed by atoms with E-state index in [1.807, 2.05) is 60.9 Å². The lowest BCUT2D eigenvalue weighted by molar-refractivity contribution is 0.923. The number of hydrogen-bond acceptors (Lipinski definition) is 4. The van der Waals surface area contributed by atoms with Gasteiger partial charge in [-0.2, -0.15) is 0 Å². The Morgan fingerprint density at radius 3 is 1.34 bits per heavy atom. The fraction of sp³-hybridized carbons (Fsp3) is 0.0270. The molecule has 0 unspecified atom stereocenters. The minimum Gasteiger partial charge on any atom is -0.311 e. The third kappa shape index (κ3) is 6.40. The quantitative estimate of drug-likeness (QED) is 0.174. The Bertz CT molecular complexity index is 1590. The van der Waals surface area contributed by atoms with Crippen LogP contribution in [0.1, 0.15) is 16.7 Å². The summed E-state index contributed by atoms with van der Waals surface area (Å²) in [7, 11) is 0. The zero-order valence-corrected chi connectivity index (χ0v) is 22.7. The molecule has 198 valence electrons. The molecule has 4 nitrogen and oxygen atoms in total. The van der Waals surface area contributed by atoms with Gasteiger partial charge in [-0.25, -0.2) is 9.97 Å². The van der Waals surface area contributed by atoms with Crippen LogP contribution in [0.25, 0.3) is 12.2 Å². The molecule has 0 saturated heterocycles. The van der Waals surface area contributed by atoms with Gasteiger partial charge in [-0.3, -0.25) is 0 Å². The number of anilines is 5. The van der Waals surface area contributed by atoms with Crippen LogP contribution in [-0.2, 0) is 6.54 Å². The molecular weight excluding hydrogens is 500 g/mol. The molecule has 2 heterocycles. The van der Waals surface area contributed by atoms with Crippen molar-refractivity contribution in [2.75, 3.05) is 9.80 Å². The van der Waals surface area contributed by atoms with E-state index in [4.69, 9.17) is 0 Å². The highest BCUT2D eigenvalue weighted by molar-refractivity contribution is 5.78. The maximum Gasteiger partial charge on any atom is 0.134 e. The van der Waals surface area contributed by atoms with Crippen LogP contribution in [0.3, 0.4) is 0 Å². The van der Waals surface area contributed by atoms with E-state index in [0.29, 0.717) is 6.54 Å². The first-order valence-electron chi connectivity index (χ1n) is 13.7. The van der Waals surface area contributed by atoms with Gasteiger partial charge in [0.15, 0.2) is 0 Å². The van der Waals surface area contributed by atoms with Crippen molar-refractivity contribution in [1.82, 2.24) is 9.97 Å². The maximum absolute atomic E-state index is 4.56. The Labute approximate surface area is 241 Å². The number of para-hydroxylation sites is 2. The summed E-state index contributed by atoms with van der Waals surface area (Å²) in [5.41, 5.74) is 6.86. The normalized spacial score (nSPS) is 10.9. The highest BCUT2D eigenvalue weighted by Crippen LogP contribution is 2.34. The van der Waals surface area contributed by atoms with Gasteiger partial charge in [0.1, 0.15) is 11.6 Å². The summed E-state index contributed by atoms with van der Waals surface area (Å²) in [6, 6.07) is 50.1. The summed E-state index contributed by atoms with van der Waals surface area (Å²) >= 11 is 0. The number of nitrogens with zero attached hydrogens (tertiary/aromatic N) is 4. The molecule has 0 bridgehead atoms. The zero-order chi connectivity index (χ0) is 27.7. The highest BCUT2D eigenvalue weighted by atomic mass is 15.2. The van der Waals surface area contributed by atoms with Gasteiger partial charge in [-0.15, -0.1) is 0 Å². The molecule has 0 amide bonds. The van der Waals surface area contributed by atoms with Crippen LogP contribution < -0.4 is 9.80 Å². The van der Waals surface area contributed by atoms with E-state index in [2.05, 4.69) is 129 Å². The molecule has 2 aromatic heterocycles. The molecule has 0 aliphatic heterocycles. The van der Waals surface area contributed by atoms with Gasteiger partial charge in [0, 0.05) is 29.5 Å². The van der Waals surface area contributed by atoms with Crippen LogP contribution in [0.5, 0.6) is 0 Å². The lowest BCUT2D eigenvalue weighted by Crippen LogP contribution is -2.18. The van der Waals surface area contributed by atoms with Gasteiger partial charge in [0.05, 0.1) is 6.54 Å². The number of benzene rings is 4. The van der Waals surface area contributed by atoms with Crippen molar-refractivity contribution in [3.05, 3.63) is 175 Å². The Balaban J connectivity index is 1.17. The zero-order valence-electron chi connectivity index (χ0n) is 22.7. The lowest BCUT2D eigenvalue weighted by atomic mass is 10.1. The van der Waals surface area contributed by atoms with Crippen molar-refractivity contribution in [1.29, 1.82) is 0 Å². The van der Waals surface area contributed by atoms with Crippen LogP contribution >= 0.6 is 0 Å². The molecule has 0 N–H and O–H groups in total. The first-order valence-corrected chi connectivity index (χ1v) is 13.7. The van der Waals surface area contributed by atoms with Crippen molar-refractivity contribution >= 4 is 40.8 Å². The Morgan fingerprint density at radius 2 is 0.878 bits per heavy atom. The summed E-state index contributed by atoms with van der Waals surface area (Å²) in [5.74, 6) is 1.74. The average Bonchev–Trinajstić information content (AvgIpc) is 3.06. The van der Waals surface area contributed by atoms with Crippen LogP contribution in [0, 0.1) is 0 Å².